The Balaban J connectivity index is 2.08. The van der Waals surface area contributed by atoms with Gasteiger partial charge in [0, 0.05) is 6.54 Å². The second kappa shape index (κ2) is 7.19. The molecule has 0 saturated heterocycles. The average Bonchev–Trinajstić information content (AvgIpc) is 2.66. The van der Waals surface area contributed by atoms with Crippen molar-refractivity contribution in [2.24, 2.45) is 0 Å². The van der Waals surface area contributed by atoms with Gasteiger partial charge in [-0.15, -0.1) is 0 Å². The highest BCUT2D eigenvalue weighted by Crippen LogP contribution is 2.35. The average molecular weight is 375 g/mol. The third-order valence-electron chi connectivity index (χ3n) is 4.81. The number of aliphatic hydroxyl groups is 1. The third kappa shape index (κ3) is 3.02. The smallest absolute Gasteiger partial charge is 0.338 e. The van der Waals surface area contributed by atoms with Crippen molar-refractivity contribution in [2.45, 2.75) is 24.3 Å². The molecule has 0 spiro atoms. The summed E-state index contributed by atoms with van der Waals surface area (Å²) in [6.45, 7) is 1.55. The number of nitrogens with zero attached hydrogens (tertiary/aromatic N) is 1. The molecule has 0 amide bonds. The minimum atomic E-state index is -3.90. The van der Waals surface area contributed by atoms with Gasteiger partial charge in [0.1, 0.15) is 0 Å². The number of hydrogen-bond acceptors (Lipinski definition) is 5. The summed E-state index contributed by atoms with van der Waals surface area (Å²) < 4.78 is 32.7. The number of esters is 1. The van der Waals surface area contributed by atoms with E-state index in [1.165, 1.54) is 29.6 Å². The molecule has 1 unspecified atom stereocenters. The van der Waals surface area contributed by atoms with E-state index < -0.39 is 22.0 Å². The van der Waals surface area contributed by atoms with Gasteiger partial charge in [0.05, 0.1) is 30.2 Å². The maximum atomic E-state index is 13.3. The first kappa shape index (κ1) is 18.6. The fourth-order valence-corrected chi connectivity index (χ4v) is 5.30. The van der Waals surface area contributed by atoms with Crippen molar-refractivity contribution in [3.8, 4) is 0 Å². The monoisotopic (exact) mass is 375 g/mol. The number of benzene rings is 2. The Morgan fingerprint density at radius 3 is 2.65 bits per heavy atom. The molecule has 0 radical (unpaired) electrons. The van der Waals surface area contributed by atoms with Gasteiger partial charge in [-0.05, 0) is 42.2 Å². The molecular formula is C19H21NO5S. The number of sulfonamides is 1. The fourth-order valence-electron chi connectivity index (χ4n) is 3.46. The van der Waals surface area contributed by atoms with Crippen LogP contribution in [0.25, 0.3) is 0 Å². The summed E-state index contributed by atoms with van der Waals surface area (Å²) in [6, 6.07) is 11.4. The van der Waals surface area contributed by atoms with E-state index in [4.69, 9.17) is 4.74 Å². The van der Waals surface area contributed by atoms with Crippen molar-refractivity contribution >= 4 is 16.0 Å². The molecule has 6 nitrogen and oxygen atoms in total. The SMILES string of the molecule is COC(=O)c1cccc(S(=O)(=O)N2CCc3ccccc3C2CO)c1C. The van der Waals surface area contributed by atoms with E-state index in [0.717, 1.165) is 11.1 Å². The number of carbonyl (C=O) groups is 1. The first-order valence-electron chi connectivity index (χ1n) is 8.30. The summed E-state index contributed by atoms with van der Waals surface area (Å²) in [6.07, 6.45) is 0.571. The molecule has 2 aromatic rings. The Morgan fingerprint density at radius 1 is 1.23 bits per heavy atom. The van der Waals surface area contributed by atoms with E-state index in [1.807, 2.05) is 24.3 Å². The van der Waals surface area contributed by atoms with E-state index in [2.05, 4.69) is 0 Å². The van der Waals surface area contributed by atoms with Gasteiger partial charge in [-0.1, -0.05) is 30.3 Å². The molecule has 3 rings (SSSR count). The van der Waals surface area contributed by atoms with E-state index in [-0.39, 0.29) is 23.6 Å². The van der Waals surface area contributed by atoms with Crippen molar-refractivity contribution in [1.29, 1.82) is 0 Å². The number of carbonyl (C=O) groups excluding carboxylic acids is 1. The van der Waals surface area contributed by atoms with Gasteiger partial charge in [0.15, 0.2) is 0 Å². The number of aliphatic hydroxyl groups excluding tert-OH is 1. The van der Waals surface area contributed by atoms with Crippen LogP contribution in [0.4, 0.5) is 0 Å². The van der Waals surface area contributed by atoms with E-state index in [9.17, 15) is 18.3 Å². The molecule has 26 heavy (non-hydrogen) atoms. The normalized spacial score (nSPS) is 17.6. The van der Waals surface area contributed by atoms with Gasteiger partial charge in [0.25, 0.3) is 0 Å². The van der Waals surface area contributed by atoms with E-state index >= 15 is 0 Å². The van der Waals surface area contributed by atoms with Gasteiger partial charge < -0.3 is 9.84 Å². The van der Waals surface area contributed by atoms with Gasteiger partial charge in [-0.2, -0.15) is 4.31 Å². The van der Waals surface area contributed by atoms with Crippen LogP contribution >= 0.6 is 0 Å². The molecule has 138 valence electrons. The lowest BCUT2D eigenvalue weighted by molar-refractivity contribution is 0.0599. The largest absolute Gasteiger partial charge is 0.465 e. The molecule has 2 aromatic carbocycles. The first-order chi connectivity index (χ1) is 12.4. The Kier molecular flexibility index (Phi) is 5.13. The number of rotatable bonds is 4. The Labute approximate surface area is 153 Å². The Morgan fingerprint density at radius 2 is 1.96 bits per heavy atom. The zero-order valence-electron chi connectivity index (χ0n) is 14.7. The molecule has 1 aliphatic heterocycles. The fraction of sp³-hybridized carbons (Fsp3) is 0.316. The van der Waals surface area contributed by atoms with Crippen LogP contribution in [0.15, 0.2) is 47.4 Å². The molecule has 0 aliphatic carbocycles. The summed E-state index contributed by atoms with van der Waals surface area (Å²) in [7, 11) is -2.64. The van der Waals surface area contributed by atoms with Crippen LogP contribution in [0.1, 0.15) is 33.1 Å². The zero-order chi connectivity index (χ0) is 18.9. The van der Waals surface area contributed by atoms with Crippen molar-refractivity contribution in [2.75, 3.05) is 20.3 Å². The summed E-state index contributed by atoms with van der Waals surface area (Å²) in [4.78, 5) is 12.0. The Bertz CT molecular complexity index is 939. The molecule has 1 atom stereocenters. The maximum absolute atomic E-state index is 13.3. The molecule has 1 heterocycles. The van der Waals surface area contributed by atoms with Gasteiger partial charge in [0.2, 0.25) is 10.0 Å². The molecule has 0 aromatic heterocycles. The molecule has 0 fully saturated rings. The summed E-state index contributed by atoms with van der Waals surface area (Å²) in [5.41, 5.74) is 2.41. The molecule has 1 N–H and O–H groups in total. The highest BCUT2D eigenvalue weighted by Gasteiger charge is 2.37. The second-order valence-corrected chi connectivity index (χ2v) is 8.04. The quantitative estimate of drug-likeness (QED) is 0.827. The Hall–Kier alpha value is -2.22. The molecular weight excluding hydrogens is 354 g/mol. The van der Waals surface area contributed by atoms with Crippen LogP contribution in [-0.4, -0.2) is 44.1 Å². The number of hydrogen-bond donors (Lipinski definition) is 1. The number of methoxy groups -OCH3 is 1. The predicted octanol–water partition coefficient (Wildman–Crippen LogP) is 2.06. The molecule has 0 saturated carbocycles. The molecule has 0 bridgehead atoms. The minimum absolute atomic E-state index is 0.0539. The van der Waals surface area contributed by atoms with Gasteiger partial charge in [-0.3, -0.25) is 0 Å². The maximum Gasteiger partial charge on any atom is 0.338 e. The van der Waals surface area contributed by atoms with Crippen molar-refractivity contribution in [3.63, 3.8) is 0 Å². The van der Waals surface area contributed by atoms with Crippen molar-refractivity contribution in [1.82, 2.24) is 4.31 Å². The molecule has 7 heteroatoms. The summed E-state index contributed by atoms with van der Waals surface area (Å²) in [5, 5.41) is 9.89. The lowest BCUT2D eigenvalue weighted by Crippen LogP contribution is -2.41. The van der Waals surface area contributed by atoms with Gasteiger partial charge in [-0.25, -0.2) is 13.2 Å². The predicted molar refractivity (Wildman–Crippen MR) is 96.4 cm³/mol. The van der Waals surface area contributed by atoms with Gasteiger partial charge >= 0.3 is 5.97 Å². The van der Waals surface area contributed by atoms with Crippen LogP contribution in [0, 0.1) is 6.92 Å². The van der Waals surface area contributed by atoms with E-state index in [0.29, 0.717) is 12.0 Å². The van der Waals surface area contributed by atoms with Crippen LogP contribution in [0.3, 0.4) is 0 Å². The lowest BCUT2D eigenvalue weighted by atomic mass is 9.95. The van der Waals surface area contributed by atoms with Crippen molar-refractivity contribution < 1.29 is 23.1 Å². The van der Waals surface area contributed by atoms with Crippen LogP contribution in [0.5, 0.6) is 0 Å². The van der Waals surface area contributed by atoms with Crippen LogP contribution in [-0.2, 0) is 21.2 Å². The molecule has 1 aliphatic rings. The zero-order valence-corrected chi connectivity index (χ0v) is 15.5. The number of ether oxygens (including phenoxy) is 1. The highest BCUT2D eigenvalue weighted by atomic mass is 32.2. The van der Waals surface area contributed by atoms with Crippen LogP contribution in [0.2, 0.25) is 0 Å². The van der Waals surface area contributed by atoms with E-state index in [1.54, 1.807) is 6.92 Å². The summed E-state index contributed by atoms with van der Waals surface area (Å²) >= 11 is 0. The lowest BCUT2D eigenvalue weighted by Gasteiger charge is -2.35. The first-order valence-corrected chi connectivity index (χ1v) is 9.74. The summed E-state index contributed by atoms with van der Waals surface area (Å²) in [5.74, 6) is -0.581. The van der Waals surface area contributed by atoms with Crippen LogP contribution < -0.4 is 0 Å². The highest BCUT2D eigenvalue weighted by molar-refractivity contribution is 7.89. The standard InChI is InChI=1S/C19H21NO5S/c1-13-15(19(22)25-2)8-5-9-18(13)26(23,24)20-11-10-14-6-3-4-7-16(14)17(20)12-21/h3-9,17,21H,10-12H2,1-2H3. The van der Waals surface area contributed by atoms with Crippen molar-refractivity contribution in [3.05, 3.63) is 64.7 Å². The third-order valence-corrected chi connectivity index (χ3v) is 6.86. The number of fused-ring (bicyclic) bond motifs is 1. The topological polar surface area (TPSA) is 83.9 Å². The second-order valence-electron chi connectivity index (χ2n) is 6.18. The minimum Gasteiger partial charge on any atom is -0.465 e.